The molecular formula is C19H27N5O4. The van der Waals surface area contributed by atoms with Crippen LogP contribution in [-0.2, 0) is 9.47 Å². The fourth-order valence-electron chi connectivity index (χ4n) is 3.22. The van der Waals surface area contributed by atoms with Crippen molar-refractivity contribution in [3.63, 3.8) is 0 Å². The Hall–Kier alpha value is -2.84. The minimum atomic E-state index is -0.532. The maximum absolute atomic E-state index is 12.4. The van der Waals surface area contributed by atoms with Gasteiger partial charge in [-0.25, -0.2) is 19.6 Å². The van der Waals surface area contributed by atoms with Crippen molar-refractivity contribution >= 4 is 28.9 Å². The highest BCUT2D eigenvalue weighted by molar-refractivity contribution is 6.07. The number of piperidine rings is 1. The molecule has 3 heterocycles. The summed E-state index contributed by atoms with van der Waals surface area (Å²) in [7, 11) is 0. The summed E-state index contributed by atoms with van der Waals surface area (Å²) >= 11 is 0. The molecule has 0 aromatic carbocycles. The molecule has 9 heteroatoms. The summed E-state index contributed by atoms with van der Waals surface area (Å²) in [5.41, 5.74) is 0.413. The van der Waals surface area contributed by atoms with E-state index in [-0.39, 0.29) is 18.7 Å². The molecule has 0 bridgehead atoms. The maximum Gasteiger partial charge on any atom is 0.410 e. The van der Waals surface area contributed by atoms with E-state index in [0.717, 1.165) is 12.8 Å². The zero-order valence-corrected chi connectivity index (χ0v) is 16.7. The fourth-order valence-corrected chi connectivity index (χ4v) is 3.22. The smallest absolute Gasteiger partial charge is 0.410 e. The van der Waals surface area contributed by atoms with Gasteiger partial charge in [-0.3, -0.25) is 0 Å². The highest BCUT2D eigenvalue weighted by Gasteiger charge is 2.28. The second-order valence-corrected chi connectivity index (χ2v) is 7.78. The van der Waals surface area contributed by atoms with Gasteiger partial charge in [0, 0.05) is 25.3 Å². The third-order valence-corrected chi connectivity index (χ3v) is 4.38. The Morgan fingerprint density at radius 2 is 2.14 bits per heavy atom. The van der Waals surface area contributed by atoms with Gasteiger partial charge in [0.1, 0.15) is 23.4 Å². The molecule has 1 aliphatic rings. The van der Waals surface area contributed by atoms with E-state index < -0.39 is 11.6 Å². The first-order valence-corrected chi connectivity index (χ1v) is 9.52. The number of esters is 1. The summed E-state index contributed by atoms with van der Waals surface area (Å²) in [6.07, 6.45) is 4.43. The Bertz CT molecular complexity index is 858. The van der Waals surface area contributed by atoms with Crippen LogP contribution in [0.1, 0.15) is 50.9 Å². The molecule has 2 aromatic rings. The van der Waals surface area contributed by atoms with Crippen molar-refractivity contribution in [2.75, 3.05) is 25.0 Å². The Morgan fingerprint density at radius 1 is 1.36 bits per heavy atom. The molecule has 1 saturated heterocycles. The summed E-state index contributed by atoms with van der Waals surface area (Å²) in [4.78, 5) is 37.8. The Kier molecular flexibility index (Phi) is 5.71. The van der Waals surface area contributed by atoms with E-state index in [1.165, 1.54) is 6.33 Å². The summed E-state index contributed by atoms with van der Waals surface area (Å²) in [5, 5.41) is 3.96. The van der Waals surface area contributed by atoms with Crippen LogP contribution >= 0.6 is 0 Å². The molecule has 2 N–H and O–H groups in total. The van der Waals surface area contributed by atoms with Crippen LogP contribution in [0, 0.1) is 0 Å². The molecule has 0 radical (unpaired) electrons. The largest absolute Gasteiger partial charge is 0.462 e. The number of likely N-dealkylation sites (tertiary alicyclic amines) is 1. The number of ether oxygens (including phenoxy) is 2. The van der Waals surface area contributed by atoms with Crippen LogP contribution in [0.15, 0.2) is 12.5 Å². The summed E-state index contributed by atoms with van der Waals surface area (Å²) in [5.74, 6) is 0.121. The van der Waals surface area contributed by atoms with Gasteiger partial charge in [0.25, 0.3) is 0 Å². The molecule has 1 amide bonds. The number of fused-ring (bicyclic) bond motifs is 1. The first-order valence-electron chi connectivity index (χ1n) is 9.52. The van der Waals surface area contributed by atoms with Crippen LogP contribution in [0.2, 0.25) is 0 Å². The molecule has 28 heavy (non-hydrogen) atoms. The molecule has 9 nitrogen and oxygen atoms in total. The molecule has 1 fully saturated rings. The lowest BCUT2D eigenvalue weighted by molar-refractivity contribution is 0.0206. The van der Waals surface area contributed by atoms with E-state index in [9.17, 15) is 9.59 Å². The summed E-state index contributed by atoms with van der Waals surface area (Å²) in [6, 6.07) is -0.00989. The van der Waals surface area contributed by atoms with Gasteiger partial charge in [0.05, 0.1) is 17.6 Å². The number of hydrogen-bond acceptors (Lipinski definition) is 7. The number of aromatic amines is 1. The van der Waals surface area contributed by atoms with Gasteiger partial charge < -0.3 is 24.7 Å². The first kappa shape index (κ1) is 19.9. The SMILES string of the molecule is CCOC(=O)c1c[nH]c2ncnc(N[C@@H]3CCCN(C(=O)OC(C)(C)C)C3)c12. The van der Waals surface area contributed by atoms with Crippen molar-refractivity contribution in [3.05, 3.63) is 18.1 Å². The molecule has 1 aliphatic heterocycles. The van der Waals surface area contributed by atoms with E-state index in [2.05, 4.69) is 20.3 Å². The zero-order valence-electron chi connectivity index (χ0n) is 16.7. The third-order valence-electron chi connectivity index (χ3n) is 4.38. The molecule has 0 unspecified atom stereocenters. The number of amides is 1. The zero-order chi connectivity index (χ0) is 20.3. The predicted molar refractivity (Wildman–Crippen MR) is 104 cm³/mol. The lowest BCUT2D eigenvalue weighted by Gasteiger charge is -2.34. The molecule has 2 aromatic heterocycles. The number of aromatic nitrogens is 3. The normalized spacial score (nSPS) is 17.4. The Balaban J connectivity index is 1.78. The fraction of sp³-hybridized carbons (Fsp3) is 0.579. The topological polar surface area (TPSA) is 109 Å². The van der Waals surface area contributed by atoms with Crippen molar-refractivity contribution < 1.29 is 19.1 Å². The maximum atomic E-state index is 12.4. The minimum Gasteiger partial charge on any atom is -0.462 e. The van der Waals surface area contributed by atoms with E-state index >= 15 is 0 Å². The average molecular weight is 389 g/mol. The molecule has 0 saturated carbocycles. The van der Waals surface area contributed by atoms with Crippen LogP contribution in [0.5, 0.6) is 0 Å². The molecule has 0 aliphatic carbocycles. The number of carbonyl (C=O) groups excluding carboxylic acids is 2. The molecule has 3 rings (SSSR count). The van der Waals surface area contributed by atoms with Gasteiger partial charge in [-0.05, 0) is 40.5 Å². The lowest BCUT2D eigenvalue weighted by atomic mass is 10.1. The van der Waals surface area contributed by atoms with E-state index in [0.29, 0.717) is 35.5 Å². The predicted octanol–water partition coefficient (Wildman–Crippen LogP) is 2.95. The Morgan fingerprint density at radius 3 is 2.86 bits per heavy atom. The molecule has 0 spiro atoms. The first-order chi connectivity index (χ1) is 13.3. The second-order valence-electron chi connectivity index (χ2n) is 7.78. The van der Waals surface area contributed by atoms with Crippen molar-refractivity contribution in [3.8, 4) is 0 Å². The van der Waals surface area contributed by atoms with Crippen molar-refractivity contribution in [1.82, 2.24) is 19.9 Å². The summed E-state index contributed by atoms with van der Waals surface area (Å²) in [6.45, 7) is 8.76. The molecular weight excluding hydrogens is 362 g/mol. The summed E-state index contributed by atoms with van der Waals surface area (Å²) < 4.78 is 10.6. The number of hydrogen-bond donors (Lipinski definition) is 2. The van der Waals surface area contributed by atoms with Gasteiger partial charge in [0.2, 0.25) is 0 Å². The Labute approximate surface area is 163 Å². The van der Waals surface area contributed by atoms with E-state index in [4.69, 9.17) is 9.47 Å². The van der Waals surface area contributed by atoms with Gasteiger partial charge in [0.15, 0.2) is 0 Å². The average Bonchev–Trinajstić information content (AvgIpc) is 3.06. The van der Waals surface area contributed by atoms with Crippen LogP contribution in [0.3, 0.4) is 0 Å². The third kappa shape index (κ3) is 4.52. The van der Waals surface area contributed by atoms with Crippen LogP contribution in [0.4, 0.5) is 10.6 Å². The van der Waals surface area contributed by atoms with Crippen LogP contribution in [0.25, 0.3) is 11.0 Å². The quantitative estimate of drug-likeness (QED) is 0.774. The van der Waals surface area contributed by atoms with Crippen molar-refractivity contribution in [2.24, 2.45) is 0 Å². The number of anilines is 1. The monoisotopic (exact) mass is 389 g/mol. The standard InChI is InChI=1S/C19H27N5O4/c1-5-27-17(25)13-9-20-15-14(13)16(22-11-21-15)23-12-7-6-8-24(10-12)18(26)28-19(2,3)4/h9,11-12H,5-8,10H2,1-4H3,(H2,20,21,22,23)/t12-/m1/s1. The highest BCUT2D eigenvalue weighted by atomic mass is 16.6. The minimum absolute atomic E-state index is 0.00989. The number of carbonyl (C=O) groups is 2. The molecule has 152 valence electrons. The van der Waals surface area contributed by atoms with Crippen molar-refractivity contribution in [2.45, 2.75) is 52.2 Å². The van der Waals surface area contributed by atoms with Gasteiger partial charge in [-0.1, -0.05) is 0 Å². The van der Waals surface area contributed by atoms with Crippen molar-refractivity contribution in [1.29, 1.82) is 0 Å². The highest BCUT2D eigenvalue weighted by Crippen LogP contribution is 2.26. The van der Waals surface area contributed by atoms with E-state index in [1.807, 2.05) is 20.8 Å². The number of nitrogens with one attached hydrogen (secondary N) is 2. The number of nitrogens with zero attached hydrogens (tertiary/aromatic N) is 3. The van der Waals surface area contributed by atoms with E-state index in [1.54, 1.807) is 18.0 Å². The lowest BCUT2D eigenvalue weighted by Crippen LogP contribution is -2.47. The second kappa shape index (κ2) is 8.04. The van der Waals surface area contributed by atoms with Crippen LogP contribution in [-0.4, -0.2) is 63.3 Å². The van der Waals surface area contributed by atoms with Gasteiger partial charge in [-0.2, -0.15) is 0 Å². The number of H-pyrrole nitrogens is 1. The van der Waals surface area contributed by atoms with Gasteiger partial charge >= 0.3 is 12.1 Å². The van der Waals surface area contributed by atoms with Crippen LogP contribution < -0.4 is 5.32 Å². The van der Waals surface area contributed by atoms with Gasteiger partial charge in [-0.15, -0.1) is 0 Å². The number of rotatable bonds is 4. The molecule has 1 atom stereocenters.